The zero-order valence-electron chi connectivity index (χ0n) is 15.8. The van der Waals surface area contributed by atoms with Gasteiger partial charge in [-0.3, -0.25) is 4.79 Å². The highest BCUT2D eigenvalue weighted by atomic mass is 16.6. The molecule has 3 heterocycles. The molecule has 0 bridgehead atoms. The van der Waals surface area contributed by atoms with Crippen molar-refractivity contribution in [2.24, 2.45) is 7.05 Å². The van der Waals surface area contributed by atoms with Gasteiger partial charge in [0.2, 0.25) is 5.95 Å². The van der Waals surface area contributed by atoms with E-state index < -0.39 is 0 Å². The fourth-order valence-corrected chi connectivity index (χ4v) is 3.14. The van der Waals surface area contributed by atoms with Gasteiger partial charge in [0.05, 0.1) is 30.8 Å². The molecule has 4 rings (SSSR count). The minimum atomic E-state index is -0.181. The number of anilines is 1. The molecule has 2 aromatic heterocycles. The van der Waals surface area contributed by atoms with Crippen LogP contribution in [0.15, 0.2) is 22.8 Å². The topological polar surface area (TPSA) is 108 Å². The molecule has 148 valence electrons. The van der Waals surface area contributed by atoms with Gasteiger partial charge in [0.25, 0.3) is 11.8 Å². The monoisotopic (exact) mass is 386 g/mol. The third kappa shape index (κ3) is 3.63. The van der Waals surface area contributed by atoms with E-state index in [1.54, 1.807) is 19.1 Å². The second-order valence-corrected chi connectivity index (χ2v) is 6.53. The first-order chi connectivity index (χ1) is 13.6. The summed E-state index contributed by atoms with van der Waals surface area (Å²) in [7, 11) is 1.98. The molecule has 0 aliphatic carbocycles. The van der Waals surface area contributed by atoms with Gasteiger partial charge >= 0.3 is 0 Å². The lowest BCUT2D eigenvalue weighted by Gasteiger charge is -2.27. The summed E-state index contributed by atoms with van der Waals surface area (Å²) in [6.45, 7) is 5.36. The van der Waals surface area contributed by atoms with Crippen molar-refractivity contribution in [3.63, 3.8) is 0 Å². The zero-order chi connectivity index (χ0) is 19.5. The van der Waals surface area contributed by atoms with Crippen molar-refractivity contribution in [2.45, 2.75) is 6.92 Å². The Bertz CT molecular complexity index is 976. The maximum atomic E-state index is 12.4. The normalized spacial score (nSPS) is 14.4. The third-order valence-electron chi connectivity index (χ3n) is 4.65. The van der Waals surface area contributed by atoms with E-state index in [9.17, 15) is 4.79 Å². The molecule has 1 aliphatic rings. The van der Waals surface area contributed by atoms with Gasteiger partial charge in [-0.15, -0.1) is 0 Å². The van der Waals surface area contributed by atoms with Gasteiger partial charge in [-0.2, -0.15) is 0 Å². The molecule has 1 aromatic carbocycles. The molecule has 1 amide bonds. The summed E-state index contributed by atoms with van der Waals surface area (Å²) in [6.07, 6.45) is 0. The Balaban J connectivity index is 1.40. The molecular formula is C18H22N6O4. The van der Waals surface area contributed by atoms with Gasteiger partial charge in [0.1, 0.15) is 12.3 Å². The summed E-state index contributed by atoms with van der Waals surface area (Å²) in [5.41, 5.74) is 2.90. The SMILES string of the molecule is Cc1nonc1OCCNC(=O)c1ccc2c(c1)nc(N1CCOCC1)n2C. The first kappa shape index (κ1) is 18.2. The number of ether oxygens (including phenoxy) is 2. The van der Waals surface area contributed by atoms with Crippen LogP contribution in [0.25, 0.3) is 11.0 Å². The van der Waals surface area contributed by atoms with Crippen molar-refractivity contribution < 1.29 is 18.9 Å². The Kier molecular flexibility index (Phi) is 5.11. The highest BCUT2D eigenvalue weighted by Gasteiger charge is 2.18. The number of aryl methyl sites for hydroxylation is 2. The molecule has 1 saturated heterocycles. The molecule has 1 N–H and O–H groups in total. The molecule has 0 spiro atoms. The molecule has 28 heavy (non-hydrogen) atoms. The van der Waals surface area contributed by atoms with Gasteiger partial charge in [-0.25, -0.2) is 9.61 Å². The summed E-state index contributed by atoms with van der Waals surface area (Å²) in [5, 5.41) is 10.1. The number of imidazole rings is 1. The predicted octanol–water partition coefficient (Wildman–Crippen LogP) is 0.910. The smallest absolute Gasteiger partial charge is 0.278 e. The molecule has 1 aliphatic heterocycles. The number of amides is 1. The van der Waals surface area contributed by atoms with E-state index in [-0.39, 0.29) is 12.5 Å². The van der Waals surface area contributed by atoms with Crippen LogP contribution in [0.3, 0.4) is 0 Å². The van der Waals surface area contributed by atoms with Gasteiger partial charge in [-0.05, 0) is 30.3 Å². The van der Waals surface area contributed by atoms with E-state index >= 15 is 0 Å². The van der Waals surface area contributed by atoms with Crippen molar-refractivity contribution >= 4 is 22.9 Å². The van der Waals surface area contributed by atoms with Gasteiger partial charge in [0, 0.05) is 25.7 Å². The third-order valence-corrected chi connectivity index (χ3v) is 4.65. The lowest BCUT2D eigenvalue weighted by molar-refractivity contribution is 0.0946. The number of rotatable bonds is 6. The number of aromatic nitrogens is 4. The molecule has 3 aromatic rings. The number of carbonyl (C=O) groups excluding carboxylic acids is 1. The number of nitrogens with zero attached hydrogens (tertiary/aromatic N) is 5. The van der Waals surface area contributed by atoms with Crippen molar-refractivity contribution in [1.82, 2.24) is 25.2 Å². The van der Waals surface area contributed by atoms with Crippen molar-refractivity contribution in [1.29, 1.82) is 0 Å². The Morgan fingerprint density at radius 3 is 2.86 bits per heavy atom. The molecule has 10 nitrogen and oxygen atoms in total. The fraction of sp³-hybridized carbons (Fsp3) is 0.444. The highest BCUT2D eigenvalue weighted by Crippen LogP contribution is 2.23. The van der Waals surface area contributed by atoms with Gasteiger partial charge < -0.3 is 24.3 Å². The lowest BCUT2D eigenvalue weighted by atomic mass is 10.2. The van der Waals surface area contributed by atoms with Crippen LogP contribution in [0.1, 0.15) is 16.1 Å². The van der Waals surface area contributed by atoms with Gasteiger partial charge in [0.15, 0.2) is 0 Å². The average Bonchev–Trinajstić information content (AvgIpc) is 3.28. The Labute approximate surface area is 161 Å². The van der Waals surface area contributed by atoms with E-state index in [1.807, 2.05) is 17.7 Å². The molecule has 1 fully saturated rings. The molecule has 0 saturated carbocycles. The summed E-state index contributed by atoms with van der Waals surface area (Å²) in [6, 6.07) is 5.53. The van der Waals surface area contributed by atoms with Crippen LogP contribution in [-0.2, 0) is 11.8 Å². The van der Waals surface area contributed by atoms with Crippen LogP contribution < -0.4 is 15.0 Å². The minimum Gasteiger partial charge on any atom is -0.472 e. The number of nitrogens with one attached hydrogen (secondary N) is 1. The number of hydrogen-bond acceptors (Lipinski definition) is 8. The van der Waals surface area contributed by atoms with E-state index in [4.69, 9.17) is 14.5 Å². The average molecular weight is 386 g/mol. The Hall–Kier alpha value is -3.14. The van der Waals surface area contributed by atoms with Crippen LogP contribution in [0.4, 0.5) is 5.95 Å². The highest BCUT2D eigenvalue weighted by molar-refractivity contribution is 5.97. The van der Waals surface area contributed by atoms with E-state index in [2.05, 4.69) is 25.2 Å². The van der Waals surface area contributed by atoms with Crippen LogP contribution in [0.2, 0.25) is 0 Å². The molecular weight excluding hydrogens is 364 g/mol. The maximum Gasteiger partial charge on any atom is 0.278 e. The summed E-state index contributed by atoms with van der Waals surface area (Å²) < 4.78 is 17.4. The Morgan fingerprint density at radius 2 is 2.11 bits per heavy atom. The van der Waals surface area contributed by atoms with Crippen molar-refractivity contribution in [3.05, 3.63) is 29.5 Å². The maximum absolute atomic E-state index is 12.4. The van der Waals surface area contributed by atoms with E-state index in [0.29, 0.717) is 36.9 Å². The minimum absolute atomic E-state index is 0.181. The summed E-state index contributed by atoms with van der Waals surface area (Å²) in [5.74, 6) is 1.04. The van der Waals surface area contributed by atoms with Crippen LogP contribution in [0.5, 0.6) is 5.88 Å². The Morgan fingerprint density at radius 1 is 1.29 bits per heavy atom. The number of carbonyl (C=O) groups is 1. The molecule has 10 heteroatoms. The standard InChI is InChI=1S/C18H22N6O4/c1-12-17(22-28-21-12)27-8-5-19-16(25)13-3-4-15-14(11-13)20-18(23(15)2)24-6-9-26-10-7-24/h3-4,11H,5-10H2,1-2H3,(H,19,25). The van der Waals surface area contributed by atoms with Crippen molar-refractivity contribution in [3.8, 4) is 5.88 Å². The van der Waals surface area contributed by atoms with Crippen LogP contribution in [0, 0.1) is 6.92 Å². The molecule has 0 atom stereocenters. The molecule has 0 radical (unpaired) electrons. The number of benzene rings is 1. The zero-order valence-corrected chi connectivity index (χ0v) is 15.8. The number of fused-ring (bicyclic) bond motifs is 1. The van der Waals surface area contributed by atoms with Crippen LogP contribution in [-0.4, -0.2) is 65.2 Å². The number of hydrogen-bond donors (Lipinski definition) is 1. The fourth-order valence-electron chi connectivity index (χ4n) is 3.14. The van der Waals surface area contributed by atoms with Gasteiger partial charge in [-0.1, -0.05) is 5.16 Å². The molecule has 0 unspecified atom stereocenters. The van der Waals surface area contributed by atoms with Crippen molar-refractivity contribution in [2.75, 3.05) is 44.4 Å². The predicted molar refractivity (Wildman–Crippen MR) is 101 cm³/mol. The quantitative estimate of drug-likeness (QED) is 0.623. The second-order valence-electron chi connectivity index (χ2n) is 6.53. The summed E-state index contributed by atoms with van der Waals surface area (Å²) >= 11 is 0. The first-order valence-corrected chi connectivity index (χ1v) is 9.13. The first-order valence-electron chi connectivity index (χ1n) is 9.13. The largest absolute Gasteiger partial charge is 0.472 e. The van der Waals surface area contributed by atoms with E-state index in [0.717, 1.165) is 30.1 Å². The van der Waals surface area contributed by atoms with E-state index in [1.165, 1.54) is 0 Å². The number of morpholine rings is 1. The summed E-state index contributed by atoms with van der Waals surface area (Å²) in [4.78, 5) is 19.4. The second kappa shape index (κ2) is 7.85. The lowest BCUT2D eigenvalue weighted by Crippen LogP contribution is -2.37. The van der Waals surface area contributed by atoms with Crippen LogP contribution >= 0.6 is 0 Å².